The highest BCUT2D eigenvalue weighted by Crippen LogP contribution is 2.24. The van der Waals surface area contributed by atoms with Crippen LogP contribution in [0.4, 0.5) is 0 Å². The lowest BCUT2D eigenvalue weighted by atomic mass is 9.99. The van der Waals surface area contributed by atoms with Gasteiger partial charge < -0.3 is 15.0 Å². The van der Waals surface area contributed by atoms with Crippen molar-refractivity contribution in [2.75, 3.05) is 39.0 Å². The fourth-order valence-electron chi connectivity index (χ4n) is 2.71. The van der Waals surface area contributed by atoms with E-state index in [1.54, 1.807) is 23.1 Å². The highest BCUT2D eigenvalue weighted by atomic mass is 127. The van der Waals surface area contributed by atoms with E-state index in [2.05, 4.69) is 29.0 Å². The van der Waals surface area contributed by atoms with Crippen LogP contribution < -0.4 is 5.32 Å². The lowest BCUT2D eigenvalue weighted by molar-refractivity contribution is -0.145. The van der Waals surface area contributed by atoms with Crippen LogP contribution in [-0.2, 0) is 9.53 Å². The minimum atomic E-state index is -0.124. The summed E-state index contributed by atoms with van der Waals surface area (Å²) in [7, 11) is 1.46. The Morgan fingerprint density at radius 2 is 2.36 bits per heavy atom. The SMILES string of the molecule is CCNC(=NCCCSc1nccs1)N1CC(C)C(C(=O)OC)C1.I. The number of carbonyl (C=O) groups excluding carboxylic acids is 1. The second-order valence-corrected chi connectivity index (χ2v) is 7.98. The van der Waals surface area contributed by atoms with Gasteiger partial charge >= 0.3 is 5.97 Å². The molecular weight excluding hydrogens is 471 g/mol. The molecule has 2 atom stereocenters. The molecule has 1 N–H and O–H groups in total. The number of halogens is 1. The number of ether oxygens (including phenoxy) is 1. The number of hydrogen-bond donors (Lipinski definition) is 1. The first-order valence-electron chi connectivity index (χ1n) is 8.29. The van der Waals surface area contributed by atoms with Gasteiger partial charge in [-0.1, -0.05) is 18.7 Å². The van der Waals surface area contributed by atoms with Crippen molar-refractivity contribution in [2.45, 2.75) is 24.6 Å². The normalized spacial score (nSPS) is 20.3. The van der Waals surface area contributed by atoms with Crippen molar-refractivity contribution in [3.05, 3.63) is 11.6 Å². The fourth-order valence-corrected chi connectivity index (χ4v) is 4.35. The number of nitrogens with one attached hydrogen (secondary N) is 1. The van der Waals surface area contributed by atoms with E-state index in [9.17, 15) is 4.79 Å². The summed E-state index contributed by atoms with van der Waals surface area (Å²) in [6, 6.07) is 0. The number of hydrogen-bond acceptors (Lipinski definition) is 6. The maximum Gasteiger partial charge on any atom is 0.310 e. The number of aliphatic imine (C=N–C) groups is 1. The van der Waals surface area contributed by atoms with Crippen molar-refractivity contribution in [3.8, 4) is 0 Å². The molecule has 1 fully saturated rings. The second kappa shape index (κ2) is 11.9. The van der Waals surface area contributed by atoms with E-state index in [0.717, 1.165) is 42.1 Å². The monoisotopic (exact) mass is 498 g/mol. The molecule has 2 rings (SSSR count). The van der Waals surface area contributed by atoms with Gasteiger partial charge in [-0.25, -0.2) is 4.98 Å². The van der Waals surface area contributed by atoms with Crippen LogP contribution in [0.25, 0.3) is 0 Å². The molecule has 2 unspecified atom stereocenters. The minimum Gasteiger partial charge on any atom is -0.469 e. The van der Waals surface area contributed by atoms with Crippen molar-refractivity contribution >= 4 is 59.0 Å². The Morgan fingerprint density at radius 3 is 3.00 bits per heavy atom. The van der Waals surface area contributed by atoms with E-state index in [1.807, 2.05) is 11.6 Å². The molecule has 0 radical (unpaired) electrons. The number of methoxy groups -OCH3 is 1. The Labute approximate surface area is 175 Å². The maximum absolute atomic E-state index is 11.8. The average Bonchev–Trinajstić information content (AvgIpc) is 3.22. The van der Waals surface area contributed by atoms with Crippen LogP contribution in [0.2, 0.25) is 0 Å². The number of esters is 1. The highest BCUT2D eigenvalue weighted by molar-refractivity contribution is 14.0. The van der Waals surface area contributed by atoms with Gasteiger partial charge in [0.1, 0.15) is 4.34 Å². The van der Waals surface area contributed by atoms with E-state index in [4.69, 9.17) is 9.73 Å². The maximum atomic E-state index is 11.8. The summed E-state index contributed by atoms with van der Waals surface area (Å²) in [5.41, 5.74) is 0. The summed E-state index contributed by atoms with van der Waals surface area (Å²) < 4.78 is 6.02. The first-order valence-corrected chi connectivity index (χ1v) is 10.2. The van der Waals surface area contributed by atoms with Crippen LogP contribution in [0, 0.1) is 11.8 Å². The largest absolute Gasteiger partial charge is 0.469 e. The quantitative estimate of drug-likeness (QED) is 0.156. The van der Waals surface area contributed by atoms with Gasteiger partial charge in [0.25, 0.3) is 0 Å². The lowest BCUT2D eigenvalue weighted by Crippen LogP contribution is -2.40. The third-order valence-electron chi connectivity index (χ3n) is 3.95. The Kier molecular flexibility index (Phi) is 10.7. The summed E-state index contributed by atoms with van der Waals surface area (Å²) in [4.78, 5) is 23.0. The Bertz CT molecular complexity index is 542. The molecule has 0 aliphatic carbocycles. The van der Waals surface area contributed by atoms with Crippen LogP contribution in [0.15, 0.2) is 20.9 Å². The Morgan fingerprint density at radius 1 is 1.56 bits per heavy atom. The fraction of sp³-hybridized carbons (Fsp3) is 0.688. The molecule has 1 saturated heterocycles. The third-order valence-corrected chi connectivity index (χ3v) is 6.00. The predicted octanol–water partition coefficient (Wildman–Crippen LogP) is 2.95. The van der Waals surface area contributed by atoms with Gasteiger partial charge in [-0.3, -0.25) is 9.79 Å². The zero-order valence-electron chi connectivity index (χ0n) is 14.9. The predicted molar refractivity (Wildman–Crippen MR) is 115 cm³/mol. The number of guanidine groups is 1. The number of aromatic nitrogens is 1. The van der Waals surface area contributed by atoms with E-state index in [1.165, 1.54) is 7.11 Å². The molecule has 1 aromatic heterocycles. The number of rotatable bonds is 7. The molecule has 1 aliphatic heterocycles. The first kappa shape index (κ1) is 22.5. The Balaban J connectivity index is 0.00000312. The van der Waals surface area contributed by atoms with E-state index < -0.39 is 0 Å². The first-order chi connectivity index (χ1) is 11.7. The molecule has 6 nitrogen and oxygen atoms in total. The topological polar surface area (TPSA) is 66.8 Å². The molecule has 0 saturated carbocycles. The van der Waals surface area contributed by atoms with Crippen LogP contribution in [0.5, 0.6) is 0 Å². The van der Waals surface area contributed by atoms with Crippen molar-refractivity contribution in [2.24, 2.45) is 16.8 Å². The standard InChI is InChI=1S/C16H26N4O2S2.HI/c1-4-17-15(18-6-5-8-23-16-19-7-9-24-16)20-10-12(2)13(11-20)14(21)22-3;/h7,9,12-13H,4-6,8,10-11H2,1-3H3,(H,17,18);1H. The van der Waals surface area contributed by atoms with Crippen LogP contribution >= 0.6 is 47.1 Å². The molecular formula is C16H27IN4O2S2. The van der Waals surface area contributed by atoms with Gasteiger partial charge in [-0.2, -0.15) is 0 Å². The molecule has 9 heteroatoms. The van der Waals surface area contributed by atoms with E-state index >= 15 is 0 Å². The molecule has 1 aromatic rings. The summed E-state index contributed by atoms with van der Waals surface area (Å²) in [5, 5.41) is 5.33. The summed E-state index contributed by atoms with van der Waals surface area (Å²) in [6.45, 7) is 7.25. The lowest BCUT2D eigenvalue weighted by Gasteiger charge is -2.21. The average molecular weight is 498 g/mol. The van der Waals surface area contributed by atoms with Crippen molar-refractivity contribution < 1.29 is 9.53 Å². The van der Waals surface area contributed by atoms with Crippen LogP contribution in [0.1, 0.15) is 20.3 Å². The molecule has 2 heterocycles. The number of likely N-dealkylation sites (tertiary alicyclic amines) is 1. The van der Waals surface area contributed by atoms with Gasteiger partial charge in [0.2, 0.25) is 0 Å². The Hall–Kier alpha value is -0.550. The molecule has 0 aromatic carbocycles. The third kappa shape index (κ3) is 6.93. The molecule has 25 heavy (non-hydrogen) atoms. The number of thiazole rings is 1. The number of thioether (sulfide) groups is 1. The van der Waals surface area contributed by atoms with Crippen LogP contribution in [0.3, 0.4) is 0 Å². The number of nitrogens with zero attached hydrogens (tertiary/aromatic N) is 3. The summed E-state index contributed by atoms with van der Waals surface area (Å²) in [5.74, 6) is 1.99. The van der Waals surface area contributed by atoms with Gasteiger partial charge in [0.05, 0.1) is 13.0 Å². The second-order valence-electron chi connectivity index (χ2n) is 5.75. The van der Waals surface area contributed by atoms with Crippen molar-refractivity contribution in [3.63, 3.8) is 0 Å². The molecule has 0 bridgehead atoms. The molecule has 0 spiro atoms. The smallest absolute Gasteiger partial charge is 0.310 e. The van der Waals surface area contributed by atoms with Crippen LogP contribution in [-0.4, -0.2) is 60.9 Å². The van der Waals surface area contributed by atoms with Gasteiger partial charge in [-0.05, 0) is 19.3 Å². The zero-order chi connectivity index (χ0) is 17.4. The highest BCUT2D eigenvalue weighted by Gasteiger charge is 2.36. The molecule has 1 aliphatic rings. The summed E-state index contributed by atoms with van der Waals surface area (Å²) in [6.07, 6.45) is 2.84. The van der Waals surface area contributed by atoms with Gasteiger partial charge in [0.15, 0.2) is 5.96 Å². The van der Waals surface area contributed by atoms with Crippen molar-refractivity contribution in [1.82, 2.24) is 15.2 Å². The summed E-state index contributed by atoms with van der Waals surface area (Å²) >= 11 is 3.45. The van der Waals surface area contributed by atoms with E-state index in [0.29, 0.717) is 6.54 Å². The van der Waals surface area contributed by atoms with E-state index in [-0.39, 0.29) is 41.8 Å². The van der Waals surface area contributed by atoms with Gasteiger partial charge in [-0.15, -0.1) is 35.3 Å². The molecule has 0 amide bonds. The minimum absolute atomic E-state index is 0. The van der Waals surface area contributed by atoms with Crippen molar-refractivity contribution in [1.29, 1.82) is 0 Å². The molecule has 142 valence electrons. The number of carbonyl (C=O) groups is 1. The van der Waals surface area contributed by atoms with Gasteiger partial charge in [0, 0.05) is 43.5 Å². The zero-order valence-corrected chi connectivity index (χ0v) is 18.9.